The molecule has 0 radical (unpaired) electrons. The summed E-state index contributed by atoms with van der Waals surface area (Å²) in [5.74, 6) is 0.220. The minimum atomic E-state index is 0.00954. The predicted octanol–water partition coefficient (Wildman–Crippen LogP) is 2.41. The number of fused-ring (bicyclic) bond motifs is 1. The van der Waals surface area contributed by atoms with Crippen LogP contribution in [0.1, 0.15) is 28.8 Å². The molecule has 1 unspecified atom stereocenters. The van der Waals surface area contributed by atoms with Crippen LogP contribution < -0.4 is 5.32 Å². The molecule has 2 N–H and O–H groups in total. The van der Waals surface area contributed by atoms with Crippen LogP contribution in [0.5, 0.6) is 0 Å². The van der Waals surface area contributed by atoms with E-state index in [9.17, 15) is 4.79 Å². The Morgan fingerprint density at radius 3 is 3.06 bits per heavy atom. The Morgan fingerprint density at radius 2 is 2.29 bits per heavy atom. The molecular formula is C14H16N2O. The van der Waals surface area contributed by atoms with Gasteiger partial charge in [-0.25, -0.2) is 0 Å². The second-order valence-electron chi connectivity index (χ2n) is 4.76. The number of hydrogen-bond acceptors (Lipinski definition) is 2. The van der Waals surface area contributed by atoms with Gasteiger partial charge in [0.1, 0.15) is 0 Å². The van der Waals surface area contributed by atoms with Crippen molar-refractivity contribution < 1.29 is 4.79 Å². The van der Waals surface area contributed by atoms with Gasteiger partial charge in [0, 0.05) is 22.7 Å². The maximum absolute atomic E-state index is 12.3. The summed E-state index contributed by atoms with van der Waals surface area (Å²) in [6.45, 7) is 3.01. The van der Waals surface area contributed by atoms with Gasteiger partial charge < -0.3 is 10.3 Å². The lowest BCUT2D eigenvalue weighted by molar-refractivity contribution is 0.0954. The van der Waals surface area contributed by atoms with Crippen LogP contribution in [0.25, 0.3) is 10.9 Å². The summed E-state index contributed by atoms with van der Waals surface area (Å²) in [5.41, 5.74) is 3.07. The van der Waals surface area contributed by atoms with Gasteiger partial charge in [-0.15, -0.1) is 0 Å². The molecule has 3 heteroatoms. The summed E-state index contributed by atoms with van der Waals surface area (Å²) in [6.07, 6.45) is 3.89. The lowest BCUT2D eigenvalue weighted by Crippen LogP contribution is -2.30. The molecule has 2 aromatic rings. The first-order valence-corrected chi connectivity index (χ1v) is 6.11. The van der Waals surface area contributed by atoms with Crippen LogP contribution in [-0.2, 0) is 0 Å². The average Bonchev–Trinajstić information content (AvgIpc) is 2.96. The van der Waals surface area contributed by atoms with Crippen molar-refractivity contribution in [2.75, 3.05) is 6.54 Å². The fourth-order valence-electron chi connectivity index (χ4n) is 2.54. The number of ketones is 1. The highest BCUT2D eigenvalue weighted by Crippen LogP contribution is 2.22. The van der Waals surface area contributed by atoms with E-state index in [0.717, 1.165) is 35.9 Å². The largest absolute Gasteiger partial charge is 0.360 e. The average molecular weight is 228 g/mol. The van der Waals surface area contributed by atoms with E-state index in [1.54, 1.807) is 0 Å². The lowest BCUT2D eigenvalue weighted by atomic mass is 10.0. The minimum Gasteiger partial charge on any atom is -0.360 e. The third-order valence-corrected chi connectivity index (χ3v) is 3.48. The molecule has 0 aliphatic carbocycles. The number of aryl methyl sites for hydroxylation is 1. The number of carbonyl (C=O) groups is 1. The van der Waals surface area contributed by atoms with Crippen LogP contribution >= 0.6 is 0 Å². The Kier molecular flexibility index (Phi) is 2.48. The first-order valence-electron chi connectivity index (χ1n) is 6.11. The van der Waals surface area contributed by atoms with Crippen LogP contribution in [0.15, 0.2) is 24.4 Å². The molecule has 2 heterocycles. The molecule has 0 bridgehead atoms. The topological polar surface area (TPSA) is 44.9 Å². The van der Waals surface area contributed by atoms with E-state index in [1.807, 2.05) is 12.3 Å². The monoisotopic (exact) mass is 228 g/mol. The summed E-state index contributed by atoms with van der Waals surface area (Å²) in [7, 11) is 0. The molecule has 88 valence electrons. The van der Waals surface area contributed by atoms with Crippen LogP contribution in [0, 0.1) is 6.92 Å². The third kappa shape index (κ3) is 1.76. The van der Waals surface area contributed by atoms with E-state index < -0.39 is 0 Å². The number of aromatic amines is 1. The van der Waals surface area contributed by atoms with Crippen molar-refractivity contribution in [1.82, 2.24) is 10.3 Å². The zero-order valence-corrected chi connectivity index (χ0v) is 9.92. The molecule has 1 fully saturated rings. The van der Waals surface area contributed by atoms with Crippen molar-refractivity contribution in [3.63, 3.8) is 0 Å². The molecule has 0 spiro atoms. The first kappa shape index (κ1) is 10.5. The first-order chi connectivity index (χ1) is 8.25. The molecule has 3 nitrogen and oxygen atoms in total. The zero-order chi connectivity index (χ0) is 11.8. The lowest BCUT2D eigenvalue weighted by Gasteiger charge is -2.07. The van der Waals surface area contributed by atoms with Crippen molar-refractivity contribution in [1.29, 1.82) is 0 Å². The third-order valence-electron chi connectivity index (χ3n) is 3.48. The van der Waals surface area contributed by atoms with Gasteiger partial charge >= 0.3 is 0 Å². The summed E-state index contributed by atoms with van der Waals surface area (Å²) >= 11 is 0. The van der Waals surface area contributed by atoms with Gasteiger partial charge in [0.2, 0.25) is 0 Å². The van der Waals surface area contributed by atoms with Gasteiger partial charge in [0.05, 0.1) is 6.04 Å². The standard InChI is InChI=1S/C14H16N2O/c1-9-4-5-10-11(8-16-13(10)7-9)14(17)12-3-2-6-15-12/h4-5,7-8,12,15-16H,2-3,6H2,1H3. The van der Waals surface area contributed by atoms with Gasteiger partial charge in [0.15, 0.2) is 5.78 Å². The highest BCUT2D eigenvalue weighted by molar-refractivity contribution is 6.10. The normalized spacial score (nSPS) is 19.9. The van der Waals surface area contributed by atoms with Gasteiger partial charge in [-0.1, -0.05) is 12.1 Å². The molecule has 0 amide bonds. The zero-order valence-electron chi connectivity index (χ0n) is 9.92. The van der Waals surface area contributed by atoms with E-state index in [4.69, 9.17) is 0 Å². The number of H-pyrrole nitrogens is 1. The van der Waals surface area contributed by atoms with Crippen LogP contribution in [0.3, 0.4) is 0 Å². The molecule has 1 aromatic heterocycles. The summed E-state index contributed by atoms with van der Waals surface area (Å²) in [5, 5.41) is 4.29. The Morgan fingerprint density at radius 1 is 1.41 bits per heavy atom. The Bertz CT molecular complexity index is 565. The molecule has 0 saturated carbocycles. The number of nitrogens with one attached hydrogen (secondary N) is 2. The van der Waals surface area contributed by atoms with Crippen molar-refractivity contribution in [3.8, 4) is 0 Å². The second-order valence-corrected chi connectivity index (χ2v) is 4.76. The highest BCUT2D eigenvalue weighted by Gasteiger charge is 2.24. The number of Topliss-reactive ketones (excluding diaryl/α,β-unsaturated/α-hetero) is 1. The number of carbonyl (C=O) groups excluding carboxylic acids is 1. The molecule has 1 aromatic carbocycles. The maximum Gasteiger partial charge on any atom is 0.181 e. The Balaban J connectivity index is 2.02. The summed E-state index contributed by atoms with van der Waals surface area (Å²) < 4.78 is 0. The fraction of sp³-hybridized carbons (Fsp3) is 0.357. The summed E-state index contributed by atoms with van der Waals surface area (Å²) in [4.78, 5) is 15.5. The highest BCUT2D eigenvalue weighted by atomic mass is 16.1. The second kappa shape index (κ2) is 4.00. The van der Waals surface area contributed by atoms with Crippen molar-refractivity contribution in [2.24, 2.45) is 0 Å². The van der Waals surface area contributed by atoms with E-state index in [-0.39, 0.29) is 11.8 Å². The molecule has 1 saturated heterocycles. The Labute approximate surface area is 100 Å². The van der Waals surface area contributed by atoms with E-state index in [0.29, 0.717) is 0 Å². The maximum atomic E-state index is 12.3. The minimum absolute atomic E-state index is 0.00954. The van der Waals surface area contributed by atoms with Gasteiger partial charge in [-0.3, -0.25) is 4.79 Å². The summed E-state index contributed by atoms with van der Waals surface area (Å²) in [6, 6.07) is 6.17. The quantitative estimate of drug-likeness (QED) is 0.775. The number of rotatable bonds is 2. The molecule has 17 heavy (non-hydrogen) atoms. The SMILES string of the molecule is Cc1ccc2c(C(=O)C3CCCN3)c[nH]c2c1. The van der Waals surface area contributed by atoms with Crippen LogP contribution in [0.2, 0.25) is 0 Å². The predicted molar refractivity (Wildman–Crippen MR) is 68.4 cm³/mol. The number of benzene rings is 1. The smallest absolute Gasteiger partial charge is 0.181 e. The van der Waals surface area contributed by atoms with E-state index >= 15 is 0 Å². The van der Waals surface area contributed by atoms with Gasteiger partial charge in [-0.05, 0) is 37.9 Å². The van der Waals surface area contributed by atoms with Crippen LogP contribution in [0.4, 0.5) is 0 Å². The number of aromatic nitrogens is 1. The van der Waals surface area contributed by atoms with Crippen molar-refractivity contribution in [2.45, 2.75) is 25.8 Å². The molecule has 1 aliphatic rings. The molecule has 3 rings (SSSR count). The van der Waals surface area contributed by atoms with Gasteiger partial charge in [0.25, 0.3) is 0 Å². The van der Waals surface area contributed by atoms with Crippen molar-refractivity contribution in [3.05, 3.63) is 35.5 Å². The molecule has 1 aliphatic heterocycles. The number of hydrogen-bond donors (Lipinski definition) is 2. The molecular weight excluding hydrogens is 212 g/mol. The van der Waals surface area contributed by atoms with Gasteiger partial charge in [-0.2, -0.15) is 0 Å². The Hall–Kier alpha value is -1.61. The van der Waals surface area contributed by atoms with Crippen molar-refractivity contribution >= 4 is 16.7 Å². The van der Waals surface area contributed by atoms with E-state index in [2.05, 4.69) is 29.4 Å². The van der Waals surface area contributed by atoms with Crippen LogP contribution in [-0.4, -0.2) is 23.4 Å². The molecule has 1 atom stereocenters. The van der Waals surface area contributed by atoms with E-state index in [1.165, 1.54) is 5.56 Å². The fourth-order valence-corrected chi connectivity index (χ4v) is 2.54.